The quantitative estimate of drug-likeness (QED) is 0.688. The van der Waals surface area contributed by atoms with Crippen molar-refractivity contribution in [2.45, 2.75) is 13.3 Å². The number of rotatable bonds is 4. The highest BCUT2D eigenvalue weighted by molar-refractivity contribution is 5.63. The standard InChI is InChI=1S/C15H15FN6/c1-9-6-11(16)2-3-13(9)20-14-10(8-18-15(17)21-14)7-12-4-5-19-22-12/h2-6,8H,7H2,1H3,(H,19,22)(H3,17,18,20,21). The number of benzene rings is 1. The summed E-state index contributed by atoms with van der Waals surface area (Å²) in [5.41, 5.74) is 9.03. The van der Waals surface area contributed by atoms with Crippen molar-refractivity contribution in [3.8, 4) is 0 Å². The summed E-state index contributed by atoms with van der Waals surface area (Å²) in [5.74, 6) is 0.496. The predicted octanol–water partition coefficient (Wildman–Crippen LogP) is 2.56. The van der Waals surface area contributed by atoms with Crippen LogP contribution in [-0.4, -0.2) is 20.2 Å². The van der Waals surface area contributed by atoms with E-state index in [2.05, 4.69) is 25.5 Å². The Bertz CT molecular complexity index is 785. The smallest absolute Gasteiger partial charge is 0.221 e. The fourth-order valence-corrected chi connectivity index (χ4v) is 2.14. The van der Waals surface area contributed by atoms with Crippen LogP contribution in [0, 0.1) is 12.7 Å². The van der Waals surface area contributed by atoms with E-state index in [0.717, 1.165) is 22.5 Å². The number of halogens is 1. The summed E-state index contributed by atoms with van der Waals surface area (Å²) in [6.45, 7) is 1.82. The molecule has 0 spiro atoms. The molecule has 0 amide bonds. The summed E-state index contributed by atoms with van der Waals surface area (Å²) in [4.78, 5) is 8.27. The maximum atomic E-state index is 13.2. The van der Waals surface area contributed by atoms with Crippen LogP contribution in [-0.2, 0) is 6.42 Å². The molecule has 0 bridgehead atoms. The minimum atomic E-state index is -0.275. The summed E-state index contributed by atoms with van der Waals surface area (Å²) < 4.78 is 13.2. The number of aryl methyl sites for hydroxylation is 1. The highest BCUT2D eigenvalue weighted by atomic mass is 19.1. The van der Waals surface area contributed by atoms with Gasteiger partial charge in [-0.2, -0.15) is 10.1 Å². The van der Waals surface area contributed by atoms with Gasteiger partial charge >= 0.3 is 0 Å². The molecular formula is C15H15FN6. The third-order valence-corrected chi connectivity index (χ3v) is 3.26. The van der Waals surface area contributed by atoms with Crippen LogP contribution < -0.4 is 11.1 Å². The van der Waals surface area contributed by atoms with Crippen molar-refractivity contribution < 1.29 is 4.39 Å². The van der Waals surface area contributed by atoms with Crippen molar-refractivity contribution in [3.63, 3.8) is 0 Å². The van der Waals surface area contributed by atoms with Crippen LogP contribution >= 0.6 is 0 Å². The van der Waals surface area contributed by atoms with Crippen molar-refractivity contribution in [2.75, 3.05) is 11.1 Å². The van der Waals surface area contributed by atoms with E-state index < -0.39 is 0 Å². The summed E-state index contributed by atoms with van der Waals surface area (Å²) in [7, 11) is 0. The zero-order valence-corrected chi connectivity index (χ0v) is 12.0. The Labute approximate surface area is 126 Å². The zero-order chi connectivity index (χ0) is 15.5. The first kappa shape index (κ1) is 14.0. The van der Waals surface area contributed by atoms with Crippen LogP contribution in [0.3, 0.4) is 0 Å². The first-order valence-electron chi connectivity index (χ1n) is 6.74. The Morgan fingerprint density at radius 1 is 1.32 bits per heavy atom. The second kappa shape index (κ2) is 5.80. The summed E-state index contributed by atoms with van der Waals surface area (Å²) in [5, 5.41) is 10.0. The molecule has 0 aliphatic heterocycles. The van der Waals surface area contributed by atoms with Crippen LogP contribution in [0.25, 0.3) is 0 Å². The molecule has 3 rings (SSSR count). The minimum absolute atomic E-state index is 0.177. The van der Waals surface area contributed by atoms with Crippen molar-refractivity contribution in [2.24, 2.45) is 0 Å². The molecule has 2 aromatic heterocycles. The number of nitrogen functional groups attached to an aromatic ring is 1. The third-order valence-electron chi connectivity index (χ3n) is 3.26. The molecule has 0 fully saturated rings. The molecule has 0 radical (unpaired) electrons. The lowest BCUT2D eigenvalue weighted by Gasteiger charge is -2.12. The topological polar surface area (TPSA) is 92.5 Å². The molecule has 0 saturated heterocycles. The van der Waals surface area contributed by atoms with E-state index in [0.29, 0.717) is 12.2 Å². The molecule has 1 aromatic carbocycles. The van der Waals surface area contributed by atoms with Gasteiger partial charge in [0, 0.05) is 35.8 Å². The van der Waals surface area contributed by atoms with Crippen LogP contribution in [0.1, 0.15) is 16.8 Å². The molecular weight excluding hydrogens is 283 g/mol. The number of aromatic nitrogens is 4. The third kappa shape index (κ3) is 3.03. The number of nitrogens with two attached hydrogens (primary N) is 1. The van der Waals surface area contributed by atoms with Gasteiger partial charge in [0.15, 0.2) is 0 Å². The molecule has 0 aliphatic rings. The van der Waals surface area contributed by atoms with Crippen LogP contribution in [0.4, 0.5) is 21.8 Å². The lowest BCUT2D eigenvalue weighted by Crippen LogP contribution is -2.05. The van der Waals surface area contributed by atoms with E-state index in [-0.39, 0.29) is 11.8 Å². The molecule has 0 saturated carbocycles. The van der Waals surface area contributed by atoms with Crippen LogP contribution in [0.5, 0.6) is 0 Å². The second-order valence-electron chi connectivity index (χ2n) is 4.94. The lowest BCUT2D eigenvalue weighted by atomic mass is 10.1. The number of hydrogen-bond donors (Lipinski definition) is 3. The summed E-state index contributed by atoms with van der Waals surface area (Å²) in [6.07, 6.45) is 3.94. The molecule has 4 N–H and O–H groups in total. The van der Waals surface area contributed by atoms with Gasteiger partial charge in [0.25, 0.3) is 0 Å². The van der Waals surface area contributed by atoms with Gasteiger partial charge in [-0.05, 0) is 36.8 Å². The van der Waals surface area contributed by atoms with E-state index in [1.165, 1.54) is 12.1 Å². The van der Waals surface area contributed by atoms with E-state index >= 15 is 0 Å². The molecule has 3 aromatic rings. The van der Waals surface area contributed by atoms with E-state index in [9.17, 15) is 4.39 Å². The molecule has 2 heterocycles. The molecule has 0 unspecified atom stereocenters. The van der Waals surface area contributed by atoms with Crippen molar-refractivity contribution in [3.05, 3.63) is 59.3 Å². The van der Waals surface area contributed by atoms with E-state index in [1.54, 1.807) is 18.5 Å². The Balaban J connectivity index is 1.93. The van der Waals surface area contributed by atoms with Gasteiger partial charge in [-0.25, -0.2) is 9.37 Å². The number of nitrogens with zero attached hydrogens (tertiary/aromatic N) is 3. The average Bonchev–Trinajstić information content (AvgIpc) is 2.98. The lowest BCUT2D eigenvalue weighted by molar-refractivity contribution is 0.627. The molecule has 7 heteroatoms. The number of nitrogens with one attached hydrogen (secondary N) is 2. The molecule has 22 heavy (non-hydrogen) atoms. The van der Waals surface area contributed by atoms with Gasteiger partial charge in [0.2, 0.25) is 5.95 Å². The molecule has 0 aliphatic carbocycles. The van der Waals surface area contributed by atoms with E-state index in [4.69, 9.17) is 5.73 Å². The number of hydrogen-bond acceptors (Lipinski definition) is 5. The highest BCUT2D eigenvalue weighted by Crippen LogP contribution is 2.24. The maximum absolute atomic E-state index is 13.2. The molecule has 6 nitrogen and oxygen atoms in total. The Morgan fingerprint density at radius 2 is 2.18 bits per heavy atom. The molecule has 112 valence electrons. The van der Waals surface area contributed by atoms with Gasteiger partial charge in [-0.1, -0.05) is 0 Å². The second-order valence-corrected chi connectivity index (χ2v) is 4.94. The van der Waals surface area contributed by atoms with Gasteiger partial charge < -0.3 is 11.1 Å². The van der Waals surface area contributed by atoms with Crippen molar-refractivity contribution >= 4 is 17.5 Å². The van der Waals surface area contributed by atoms with Crippen molar-refractivity contribution in [1.82, 2.24) is 20.2 Å². The summed E-state index contributed by atoms with van der Waals surface area (Å²) >= 11 is 0. The fraction of sp³-hybridized carbons (Fsp3) is 0.133. The molecule has 0 atom stereocenters. The highest BCUT2D eigenvalue weighted by Gasteiger charge is 2.10. The van der Waals surface area contributed by atoms with Gasteiger partial charge in [0.1, 0.15) is 11.6 Å². The minimum Gasteiger partial charge on any atom is -0.368 e. The van der Waals surface area contributed by atoms with E-state index in [1.807, 2.05) is 13.0 Å². The first-order chi connectivity index (χ1) is 10.6. The van der Waals surface area contributed by atoms with Crippen molar-refractivity contribution in [1.29, 1.82) is 0 Å². The predicted molar refractivity (Wildman–Crippen MR) is 82.3 cm³/mol. The summed E-state index contributed by atoms with van der Waals surface area (Å²) in [6, 6.07) is 6.40. The number of aromatic amines is 1. The number of anilines is 3. The first-order valence-corrected chi connectivity index (χ1v) is 6.74. The average molecular weight is 298 g/mol. The van der Waals surface area contributed by atoms with Gasteiger partial charge in [-0.3, -0.25) is 5.10 Å². The Hall–Kier alpha value is -2.96. The SMILES string of the molecule is Cc1cc(F)ccc1Nc1nc(N)ncc1Cc1ccn[nH]1. The van der Waals surface area contributed by atoms with Gasteiger partial charge in [-0.15, -0.1) is 0 Å². The number of H-pyrrole nitrogens is 1. The Kier molecular flexibility index (Phi) is 3.69. The zero-order valence-electron chi connectivity index (χ0n) is 12.0. The monoisotopic (exact) mass is 298 g/mol. The normalized spacial score (nSPS) is 10.6. The maximum Gasteiger partial charge on any atom is 0.221 e. The Morgan fingerprint density at radius 3 is 2.91 bits per heavy atom. The van der Waals surface area contributed by atoms with Crippen LogP contribution in [0.15, 0.2) is 36.7 Å². The van der Waals surface area contributed by atoms with Crippen LogP contribution in [0.2, 0.25) is 0 Å². The van der Waals surface area contributed by atoms with Gasteiger partial charge in [0.05, 0.1) is 0 Å². The fourth-order valence-electron chi connectivity index (χ4n) is 2.14. The largest absolute Gasteiger partial charge is 0.368 e.